The maximum atomic E-state index is 12.9. The number of carbonyl (C=O) groups excluding carboxylic acids is 3. The van der Waals surface area contributed by atoms with Crippen LogP contribution < -0.4 is 0 Å². The summed E-state index contributed by atoms with van der Waals surface area (Å²) in [7, 11) is 0. The van der Waals surface area contributed by atoms with Crippen LogP contribution in [0.25, 0.3) is 0 Å². The Morgan fingerprint density at radius 1 is 0.263 bits per heavy atom. The standard InChI is InChI=1S/C74H122O6/c1-4-7-10-13-16-19-22-25-28-30-32-34-36-37-38-40-41-43-46-49-52-55-58-61-64-67-73(76)79-70-71(69-78-72(75)66-63-60-57-54-51-48-45-27-24-21-18-15-12-9-6-3)80-74(77)68-65-62-59-56-53-50-47-44-42-39-35-33-31-29-26-23-20-17-14-11-8-5-2/h7,9-10,12,16,18-19,21,25,27-28,32,34,37-38,41,43,45,49,51-52,54,71H,4-6,8,11,13-15,17,20,22-24,26,29-31,33,35-36,39-40,42,44,46-48,50,53,55-70H2,1-3H3/b10-7-,12-9-,19-16-,21-18-,28-25-,34-32-,38-37-,43-41-,45-27-,52-49-,54-51-. The lowest BCUT2D eigenvalue weighted by Gasteiger charge is -2.18. The molecule has 80 heavy (non-hydrogen) atoms. The van der Waals surface area contributed by atoms with Crippen molar-refractivity contribution in [3.8, 4) is 0 Å². The van der Waals surface area contributed by atoms with Gasteiger partial charge < -0.3 is 14.2 Å². The molecule has 1 atom stereocenters. The summed E-state index contributed by atoms with van der Waals surface area (Å²) in [6.07, 6.45) is 94.7. The number of unbranched alkanes of at least 4 members (excludes halogenated alkanes) is 26. The maximum absolute atomic E-state index is 12.9. The van der Waals surface area contributed by atoms with Gasteiger partial charge in [-0.1, -0.05) is 296 Å². The second-order valence-electron chi connectivity index (χ2n) is 21.6. The lowest BCUT2D eigenvalue weighted by molar-refractivity contribution is -0.167. The minimum absolute atomic E-state index is 0.111. The van der Waals surface area contributed by atoms with Crippen molar-refractivity contribution in [1.82, 2.24) is 0 Å². The third-order valence-electron chi connectivity index (χ3n) is 13.9. The fourth-order valence-electron chi connectivity index (χ4n) is 9.00. The Hall–Kier alpha value is -4.45. The number of allylic oxidation sites excluding steroid dienone is 22. The normalized spacial score (nSPS) is 13.0. The molecule has 1 unspecified atom stereocenters. The van der Waals surface area contributed by atoms with Crippen LogP contribution in [0.15, 0.2) is 134 Å². The fraction of sp³-hybridized carbons (Fsp3) is 0.662. The first-order chi connectivity index (χ1) is 39.5. The van der Waals surface area contributed by atoms with Crippen molar-refractivity contribution >= 4 is 17.9 Å². The van der Waals surface area contributed by atoms with E-state index in [2.05, 4.69) is 154 Å². The first kappa shape index (κ1) is 75.5. The van der Waals surface area contributed by atoms with Crippen molar-refractivity contribution in [2.45, 2.75) is 303 Å². The van der Waals surface area contributed by atoms with E-state index < -0.39 is 6.10 Å². The molecule has 0 aliphatic carbocycles. The SMILES string of the molecule is CC/C=C\C/C=C\C/C=C\C/C=C\C/C=C\C/C=C\C/C=C\CCCCCC(=O)OCC(COC(=O)CCCC/C=C\C/C=C\C/C=C\C/C=C\CC)OC(=O)CCCCCCCCCCCCCCCCCCCCCCCC. The van der Waals surface area contributed by atoms with Gasteiger partial charge in [0.25, 0.3) is 0 Å². The van der Waals surface area contributed by atoms with Gasteiger partial charge in [0.2, 0.25) is 0 Å². The molecule has 6 nitrogen and oxygen atoms in total. The number of hydrogen-bond acceptors (Lipinski definition) is 6. The molecule has 0 fully saturated rings. The Morgan fingerprint density at radius 3 is 0.787 bits per heavy atom. The zero-order valence-electron chi connectivity index (χ0n) is 52.0. The van der Waals surface area contributed by atoms with E-state index in [0.717, 1.165) is 128 Å². The van der Waals surface area contributed by atoms with Crippen LogP contribution in [0.4, 0.5) is 0 Å². The van der Waals surface area contributed by atoms with Gasteiger partial charge in [0.1, 0.15) is 13.2 Å². The second-order valence-corrected chi connectivity index (χ2v) is 21.6. The first-order valence-electron chi connectivity index (χ1n) is 33.2. The van der Waals surface area contributed by atoms with Crippen LogP contribution in [0.5, 0.6) is 0 Å². The Bertz CT molecular complexity index is 1700. The van der Waals surface area contributed by atoms with E-state index in [4.69, 9.17) is 14.2 Å². The topological polar surface area (TPSA) is 78.9 Å². The average Bonchev–Trinajstić information content (AvgIpc) is 3.46. The van der Waals surface area contributed by atoms with Gasteiger partial charge in [-0.25, -0.2) is 0 Å². The Morgan fingerprint density at radius 2 is 0.487 bits per heavy atom. The summed E-state index contributed by atoms with van der Waals surface area (Å²) >= 11 is 0. The minimum atomic E-state index is -0.814. The number of esters is 3. The Labute approximate surface area is 494 Å². The van der Waals surface area contributed by atoms with E-state index in [9.17, 15) is 14.4 Å². The van der Waals surface area contributed by atoms with Crippen molar-refractivity contribution in [3.05, 3.63) is 134 Å². The molecular weight excluding hydrogens is 985 g/mol. The highest BCUT2D eigenvalue weighted by Crippen LogP contribution is 2.17. The van der Waals surface area contributed by atoms with Crippen molar-refractivity contribution in [3.63, 3.8) is 0 Å². The summed E-state index contributed by atoms with van der Waals surface area (Å²) in [5, 5.41) is 0. The molecule has 0 rings (SSSR count). The summed E-state index contributed by atoms with van der Waals surface area (Å²) in [5.41, 5.74) is 0. The zero-order valence-corrected chi connectivity index (χ0v) is 52.0. The number of ether oxygens (including phenoxy) is 3. The first-order valence-corrected chi connectivity index (χ1v) is 33.2. The van der Waals surface area contributed by atoms with Gasteiger partial charge in [-0.15, -0.1) is 0 Å². The molecule has 0 aromatic carbocycles. The van der Waals surface area contributed by atoms with Crippen molar-refractivity contribution < 1.29 is 28.6 Å². The molecule has 0 heterocycles. The summed E-state index contributed by atoms with van der Waals surface area (Å²) in [5.74, 6) is -0.975. The maximum Gasteiger partial charge on any atom is 0.306 e. The molecule has 0 aliphatic heterocycles. The van der Waals surface area contributed by atoms with Gasteiger partial charge in [-0.05, 0) is 116 Å². The van der Waals surface area contributed by atoms with Crippen LogP contribution in [0.2, 0.25) is 0 Å². The highest BCUT2D eigenvalue weighted by molar-refractivity contribution is 5.71. The number of rotatable bonds is 59. The molecule has 0 bridgehead atoms. The van der Waals surface area contributed by atoms with Crippen LogP contribution >= 0.6 is 0 Å². The van der Waals surface area contributed by atoms with Gasteiger partial charge in [0, 0.05) is 19.3 Å². The molecule has 0 spiro atoms. The van der Waals surface area contributed by atoms with Crippen molar-refractivity contribution in [2.75, 3.05) is 13.2 Å². The lowest BCUT2D eigenvalue weighted by Crippen LogP contribution is -2.30. The average molecular weight is 1110 g/mol. The third-order valence-corrected chi connectivity index (χ3v) is 13.9. The van der Waals surface area contributed by atoms with Gasteiger partial charge in [0.05, 0.1) is 0 Å². The summed E-state index contributed by atoms with van der Waals surface area (Å²) in [6, 6.07) is 0. The van der Waals surface area contributed by atoms with E-state index in [1.807, 2.05) is 0 Å². The highest BCUT2D eigenvalue weighted by atomic mass is 16.6. The van der Waals surface area contributed by atoms with E-state index in [1.165, 1.54) is 122 Å². The van der Waals surface area contributed by atoms with E-state index in [-0.39, 0.29) is 31.1 Å². The van der Waals surface area contributed by atoms with E-state index in [1.54, 1.807) is 0 Å². The Balaban J connectivity index is 4.46. The molecule has 0 amide bonds. The van der Waals surface area contributed by atoms with Crippen molar-refractivity contribution in [1.29, 1.82) is 0 Å². The van der Waals surface area contributed by atoms with Crippen LogP contribution in [0.3, 0.4) is 0 Å². The Kier molecular flexibility index (Phi) is 63.3. The number of carbonyl (C=O) groups is 3. The van der Waals surface area contributed by atoms with Crippen LogP contribution in [-0.2, 0) is 28.6 Å². The smallest absolute Gasteiger partial charge is 0.306 e. The third kappa shape index (κ3) is 64.4. The molecule has 0 aromatic heterocycles. The molecule has 0 radical (unpaired) electrons. The van der Waals surface area contributed by atoms with E-state index in [0.29, 0.717) is 25.7 Å². The molecular formula is C74H122O6. The molecule has 0 aliphatic rings. The molecule has 0 aromatic rings. The van der Waals surface area contributed by atoms with Crippen LogP contribution in [0.1, 0.15) is 297 Å². The zero-order chi connectivity index (χ0) is 57.8. The molecule has 0 saturated carbocycles. The predicted octanol–water partition coefficient (Wildman–Crippen LogP) is 22.9. The summed E-state index contributed by atoms with van der Waals surface area (Å²) in [4.78, 5) is 38.4. The fourth-order valence-corrected chi connectivity index (χ4v) is 9.00. The molecule has 0 N–H and O–H groups in total. The minimum Gasteiger partial charge on any atom is -0.462 e. The predicted molar refractivity (Wildman–Crippen MR) is 348 cm³/mol. The summed E-state index contributed by atoms with van der Waals surface area (Å²) in [6.45, 7) is 6.37. The largest absolute Gasteiger partial charge is 0.462 e. The monoisotopic (exact) mass is 1110 g/mol. The molecule has 454 valence electrons. The van der Waals surface area contributed by atoms with Crippen molar-refractivity contribution in [2.24, 2.45) is 0 Å². The second kappa shape index (κ2) is 67.1. The number of hydrogen-bond donors (Lipinski definition) is 0. The lowest BCUT2D eigenvalue weighted by atomic mass is 10.0. The van der Waals surface area contributed by atoms with E-state index >= 15 is 0 Å². The molecule has 0 saturated heterocycles. The van der Waals surface area contributed by atoms with Crippen LogP contribution in [0, 0.1) is 0 Å². The summed E-state index contributed by atoms with van der Waals surface area (Å²) < 4.78 is 16.9. The van der Waals surface area contributed by atoms with Crippen LogP contribution in [-0.4, -0.2) is 37.2 Å². The van der Waals surface area contributed by atoms with Gasteiger partial charge >= 0.3 is 17.9 Å². The molecule has 6 heteroatoms. The van der Waals surface area contributed by atoms with Gasteiger partial charge in [-0.2, -0.15) is 0 Å². The van der Waals surface area contributed by atoms with Gasteiger partial charge in [0.15, 0.2) is 6.10 Å². The highest BCUT2D eigenvalue weighted by Gasteiger charge is 2.19. The van der Waals surface area contributed by atoms with Gasteiger partial charge in [-0.3, -0.25) is 14.4 Å². The quantitative estimate of drug-likeness (QED) is 0.0261.